The third kappa shape index (κ3) is 2.70. The minimum absolute atomic E-state index is 0.609. The Morgan fingerprint density at radius 3 is 2.88 bits per heavy atom. The molecule has 2 aliphatic rings. The first-order valence-corrected chi connectivity index (χ1v) is 9.58. The monoisotopic (exact) mass is 353 g/mol. The van der Waals surface area contributed by atoms with Crippen LogP contribution in [0.2, 0.25) is 0 Å². The summed E-state index contributed by atoms with van der Waals surface area (Å²) in [6.07, 6.45) is 6.53. The van der Waals surface area contributed by atoms with Crippen molar-refractivity contribution in [2.75, 3.05) is 18.5 Å². The van der Waals surface area contributed by atoms with E-state index in [1.165, 1.54) is 35.1 Å². The zero-order chi connectivity index (χ0) is 16.6. The Labute approximate surface area is 150 Å². The van der Waals surface area contributed by atoms with E-state index in [0.29, 0.717) is 19.8 Å². The number of hydrogen-bond acceptors (Lipinski definition) is 6. The molecule has 0 radical (unpaired) electrons. The van der Waals surface area contributed by atoms with Gasteiger partial charge in [-0.25, -0.2) is 9.97 Å². The van der Waals surface area contributed by atoms with E-state index < -0.39 is 0 Å². The van der Waals surface area contributed by atoms with Gasteiger partial charge in [-0.05, 0) is 48.9 Å². The van der Waals surface area contributed by atoms with Crippen molar-refractivity contribution in [2.45, 2.75) is 32.2 Å². The Bertz CT molecular complexity index is 938. The molecular weight excluding hydrogens is 334 g/mol. The smallest absolute Gasteiger partial charge is 0.161 e. The number of nitrogens with one attached hydrogen (secondary N) is 1. The van der Waals surface area contributed by atoms with Crippen molar-refractivity contribution in [1.82, 2.24) is 9.97 Å². The summed E-state index contributed by atoms with van der Waals surface area (Å²) in [4.78, 5) is 11.6. The number of benzene rings is 1. The summed E-state index contributed by atoms with van der Waals surface area (Å²) in [5.74, 6) is 2.59. The molecule has 5 rings (SSSR count). The van der Waals surface area contributed by atoms with Crippen LogP contribution in [0.25, 0.3) is 10.2 Å². The van der Waals surface area contributed by atoms with Crippen molar-refractivity contribution < 1.29 is 9.47 Å². The zero-order valence-electron chi connectivity index (χ0n) is 13.9. The minimum atomic E-state index is 0.609. The van der Waals surface area contributed by atoms with Crippen LogP contribution in [0, 0.1) is 0 Å². The molecule has 0 atom stereocenters. The lowest BCUT2D eigenvalue weighted by Crippen LogP contribution is -2.15. The molecule has 1 aliphatic carbocycles. The van der Waals surface area contributed by atoms with Crippen molar-refractivity contribution in [1.29, 1.82) is 0 Å². The molecule has 0 saturated heterocycles. The number of aromatic nitrogens is 2. The third-order valence-corrected chi connectivity index (χ3v) is 6.02. The molecule has 3 aromatic rings. The number of aryl methyl sites for hydroxylation is 2. The van der Waals surface area contributed by atoms with Crippen LogP contribution in [-0.4, -0.2) is 23.2 Å². The third-order valence-electron chi connectivity index (χ3n) is 4.82. The van der Waals surface area contributed by atoms with Crippen LogP contribution in [0.1, 0.15) is 28.8 Å². The molecule has 0 saturated carbocycles. The molecule has 0 spiro atoms. The van der Waals surface area contributed by atoms with Crippen molar-refractivity contribution in [3.63, 3.8) is 0 Å². The molecule has 0 amide bonds. The quantitative estimate of drug-likeness (QED) is 0.772. The molecule has 128 valence electrons. The predicted octanol–water partition coefficient (Wildman–Crippen LogP) is 3.95. The van der Waals surface area contributed by atoms with Crippen LogP contribution in [-0.2, 0) is 19.4 Å². The highest BCUT2D eigenvalue weighted by Crippen LogP contribution is 2.38. The van der Waals surface area contributed by atoms with Gasteiger partial charge >= 0.3 is 0 Å². The molecule has 0 fully saturated rings. The number of ether oxygens (including phenoxy) is 2. The SMILES string of the molecule is c1nc(NCc2ccc3c(c2)OCCO3)c2c3c(sc2n1)CCCC3. The maximum atomic E-state index is 5.67. The van der Waals surface area contributed by atoms with Gasteiger partial charge in [0, 0.05) is 11.4 Å². The molecule has 25 heavy (non-hydrogen) atoms. The normalized spacial score (nSPS) is 15.8. The number of rotatable bonds is 3. The summed E-state index contributed by atoms with van der Waals surface area (Å²) >= 11 is 1.83. The van der Waals surface area contributed by atoms with Crippen LogP contribution in [0.4, 0.5) is 5.82 Å². The number of anilines is 1. The second-order valence-electron chi connectivity index (χ2n) is 6.44. The lowest BCUT2D eigenvalue weighted by atomic mass is 9.97. The summed E-state index contributed by atoms with van der Waals surface area (Å²) in [5.41, 5.74) is 2.61. The van der Waals surface area contributed by atoms with Crippen LogP contribution in [0.5, 0.6) is 11.5 Å². The molecule has 2 aromatic heterocycles. The summed E-state index contributed by atoms with van der Waals surface area (Å²) in [7, 11) is 0. The van der Waals surface area contributed by atoms with E-state index >= 15 is 0 Å². The van der Waals surface area contributed by atoms with E-state index in [2.05, 4.69) is 21.4 Å². The van der Waals surface area contributed by atoms with Gasteiger partial charge in [0.25, 0.3) is 0 Å². The first-order valence-electron chi connectivity index (χ1n) is 8.76. The molecule has 1 N–H and O–H groups in total. The standard InChI is InChI=1S/C19H19N3O2S/c1-2-4-16-13(3-1)17-18(21-11-22-19(17)25-16)20-10-12-5-6-14-15(9-12)24-8-7-23-14/h5-6,9,11H,1-4,7-8,10H2,(H,20,21,22). The summed E-state index contributed by atoms with van der Waals surface area (Å²) in [6.45, 7) is 1.93. The fraction of sp³-hybridized carbons (Fsp3) is 0.368. The molecule has 0 bridgehead atoms. The lowest BCUT2D eigenvalue weighted by molar-refractivity contribution is 0.171. The van der Waals surface area contributed by atoms with Gasteiger partial charge < -0.3 is 14.8 Å². The van der Waals surface area contributed by atoms with Crippen LogP contribution in [0.3, 0.4) is 0 Å². The van der Waals surface area contributed by atoms with Crippen LogP contribution >= 0.6 is 11.3 Å². The lowest BCUT2D eigenvalue weighted by Gasteiger charge is -2.19. The Hall–Kier alpha value is -2.34. The highest BCUT2D eigenvalue weighted by Gasteiger charge is 2.20. The maximum Gasteiger partial charge on any atom is 0.161 e. The Kier molecular flexibility index (Phi) is 3.70. The second-order valence-corrected chi connectivity index (χ2v) is 7.53. The van der Waals surface area contributed by atoms with Crippen molar-refractivity contribution >= 4 is 27.4 Å². The van der Waals surface area contributed by atoms with E-state index in [1.807, 2.05) is 23.5 Å². The van der Waals surface area contributed by atoms with Gasteiger partial charge in [-0.1, -0.05) is 6.07 Å². The molecule has 3 heterocycles. The van der Waals surface area contributed by atoms with E-state index in [1.54, 1.807) is 6.33 Å². The van der Waals surface area contributed by atoms with E-state index in [0.717, 1.165) is 34.1 Å². The van der Waals surface area contributed by atoms with Gasteiger partial charge in [0.05, 0.1) is 5.39 Å². The fourth-order valence-electron chi connectivity index (χ4n) is 3.61. The molecule has 1 aromatic carbocycles. The van der Waals surface area contributed by atoms with E-state index in [9.17, 15) is 0 Å². The van der Waals surface area contributed by atoms with E-state index in [-0.39, 0.29) is 0 Å². The first-order chi connectivity index (χ1) is 12.4. The van der Waals surface area contributed by atoms with Gasteiger partial charge in [0.2, 0.25) is 0 Å². The largest absolute Gasteiger partial charge is 0.486 e. The number of fused-ring (bicyclic) bond motifs is 4. The highest BCUT2D eigenvalue weighted by molar-refractivity contribution is 7.19. The fourth-order valence-corrected chi connectivity index (χ4v) is 4.84. The van der Waals surface area contributed by atoms with Crippen molar-refractivity contribution in [3.8, 4) is 11.5 Å². The summed E-state index contributed by atoms with van der Waals surface area (Å²) in [6, 6.07) is 6.10. The second kappa shape index (κ2) is 6.19. The van der Waals surface area contributed by atoms with Crippen LogP contribution in [0.15, 0.2) is 24.5 Å². The minimum Gasteiger partial charge on any atom is -0.486 e. The highest BCUT2D eigenvalue weighted by atomic mass is 32.1. The Balaban J connectivity index is 1.43. The molecule has 0 unspecified atom stereocenters. The topological polar surface area (TPSA) is 56.3 Å². The molecular formula is C19H19N3O2S. The average molecular weight is 353 g/mol. The summed E-state index contributed by atoms with van der Waals surface area (Å²) < 4.78 is 11.3. The Morgan fingerprint density at radius 2 is 1.92 bits per heavy atom. The maximum absolute atomic E-state index is 5.67. The predicted molar refractivity (Wildman–Crippen MR) is 98.8 cm³/mol. The van der Waals surface area contributed by atoms with Gasteiger partial charge in [-0.15, -0.1) is 11.3 Å². The van der Waals surface area contributed by atoms with Crippen molar-refractivity contribution in [2.24, 2.45) is 0 Å². The van der Waals surface area contributed by atoms with Gasteiger partial charge in [0.1, 0.15) is 30.2 Å². The first kappa shape index (κ1) is 15.0. The van der Waals surface area contributed by atoms with Crippen LogP contribution < -0.4 is 14.8 Å². The van der Waals surface area contributed by atoms with Gasteiger partial charge in [-0.3, -0.25) is 0 Å². The zero-order valence-corrected chi connectivity index (χ0v) is 14.7. The average Bonchev–Trinajstić information content (AvgIpc) is 3.05. The van der Waals surface area contributed by atoms with E-state index in [4.69, 9.17) is 9.47 Å². The van der Waals surface area contributed by atoms with Gasteiger partial charge in [-0.2, -0.15) is 0 Å². The number of thiophene rings is 1. The van der Waals surface area contributed by atoms with Crippen molar-refractivity contribution in [3.05, 3.63) is 40.5 Å². The molecule has 1 aliphatic heterocycles. The molecule has 5 nitrogen and oxygen atoms in total. The summed E-state index contributed by atoms with van der Waals surface area (Å²) in [5, 5.41) is 4.73. The Morgan fingerprint density at radius 1 is 1.04 bits per heavy atom. The number of hydrogen-bond donors (Lipinski definition) is 1. The number of nitrogens with zero attached hydrogens (tertiary/aromatic N) is 2. The van der Waals surface area contributed by atoms with Gasteiger partial charge in [0.15, 0.2) is 11.5 Å². The molecule has 6 heteroatoms.